The van der Waals surface area contributed by atoms with Crippen LogP contribution in [-0.2, 0) is 0 Å². The van der Waals surface area contributed by atoms with Crippen LogP contribution in [0, 0.1) is 0 Å². The largest absolute Gasteiger partial charge is 0.390 e. The number of anilines is 1. The molecule has 2 heterocycles. The molecule has 0 spiro atoms. The van der Waals surface area contributed by atoms with E-state index < -0.39 is 24.3 Å². The normalized spacial score (nSPS) is 29.5. The number of rotatable bonds is 2. The van der Waals surface area contributed by atoms with Crippen molar-refractivity contribution in [3.8, 4) is 0 Å². The van der Waals surface area contributed by atoms with Gasteiger partial charge in [-0.1, -0.05) is 5.11 Å². The Labute approximate surface area is 112 Å². The Hall–Kier alpha value is -2.42. The van der Waals surface area contributed by atoms with Gasteiger partial charge in [-0.25, -0.2) is 15.0 Å². The highest BCUT2D eigenvalue weighted by atomic mass is 16.3. The van der Waals surface area contributed by atoms with Gasteiger partial charge in [-0.05, 0) is 12.0 Å². The molecule has 0 aliphatic heterocycles. The second-order valence-electron chi connectivity index (χ2n) is 4.64. The first-order valence-electron chi connectivity index (χ1n) is 5.97. The summed E-state index contributed by atoms with van der Waals surface area (Å²) in [5, 5.41) is 23.5. The van der Waals surface area contributed by atoms with Crippen molar-refractivity contribution in [3.05, 3.63) is 23.1 Å². The zero-order valence-electron chi connectivity index (χ0n) is 10.3. The van der Waals surface area contributed by atoms with Crippen LogP contribution in [0.2, 0.25) is 0 Å². The average Bonchev–Trinajstić information content (AvgIpc) is 2.97. The zero-order valence-corrected chi connectivity index (χ0v) is 10.3. The number of imidazole rings is 1. The van der Waals surface area contributed by atoms with E-state index in [-0.39, 0.29) is 5.82 Å². The zero-order chi connectivity index (χ0) is 14.3. The average molecular weight is 276 g/mol. The van der Waals surface area contributed by atoms with Crippen molar-refractivity contribution < 1.29 is 10.2 Å². The quantitative estimate of drug-likeness (QED) is 0.389. The van der Waals surface area contributed by atoms with Gasteiger partial charge in [0.05, 0.1) is 24.5 Å². The number of fused-ring (bicyclic) bond motifs is 1. The highest BCUT2D eigenvalue weighted by Crippen LogP contribution is 2.34. The van der Waals surface area contributed by atoms with E-state index in [9.17, 15) is 10.2 Å². The Morgan fingerprint density at radius 3 is 2.90 bits per heavy atom. The van der Waals surface area contributed by atoms with Gasteiger partial charge in [0.25, 0.3) is 0 Å². The number of aromatic nitrogens is 4. The van der Waals surface area contributed by atoms with E-state index in [2.05, 4.69) is 25.0 Å². The Morgan fingerprint density at radius 2 is 2.15 bits per heavy atom. The highest BCUT2D eigenvalue weighted by Gasteiger charge is 2.42. The number of nitrogens with two attached hydrogens (primary N) is 1. The standard InChI is InChI=1S/C10H12N8O2/c11-9-6-10(14-2-13-9)18(3-15-6)5-1-4(16-17-12)7(19)8(5)20/h2-5,7-8,19-20H,1H2,(H2,11,13,14)/t4-,5+,7+,8-/m0/s1. The van der Waals surface area contributed by atoms with E-state index in [1.54, 1.807) is 4.57 Å². The summed E-state index contributed by atoms with van der Waals surface area (Å²) >= 11 is 0. The molecule has 4 N–H and O–H groups in total. The molecule has 0 aromatic carbocycles. The van der Waals surface area contributed by atoms with Gasteiger partial charge in [-0.2, -0.15) is 0 Å². The van der Waals surface area contributed by atoms with Crippen molar-refractivity contribution in [1.82, 2.24) is 19.5 Å². The van der Waals surface area contributed by atoms with Crippen LogP contribution in [0.4, 0.5) is 5.82 Å². The summed E-state index contributed by atoms with van der Waals surface area (Å²) in [7, 11) is 0. The fraction of sp³-hybridized carbons (Fsp3) is 0.500. The van der Waals surface area contributed by atoms with E-state index in [0.29, 0.717) is 17.6 Å². The third-order valence-electron chi connectivity index (χ3n) is 3.57. The smallest absolute Gasteiger partial charge is 0.165 e. The fourth-order valence-electron chi connectivity index (χ4n) is 2.55. The molecule has 0 saturated heterocycles. The van der Waals surface area contributed by atoms with Gasteiger partial charge in [0.1, 0.15) is 17.9 Å². The van der Waals surface area contributed by atoms with E-state index in [0.717, 1.165) is 0 Å². The predicted molar refractivity (Wildman–Crippen MR) is 68.3 cm³/mol. The van der Waals surface area contributed by atoms with Gasteiger partial charge in [-0.3, -0.25) is 0 Å². The maximum Gasteiger partial charge on any atom is 0.165 e. The monoisotopic (exact) mass is 276 g/mol. The topological polar surface area (TPSA) is 159 Å². The molecule has 0 amide bonds. The van der Waals surface area contributed by atoms with Crippen LogP contribution in [0.15, 0.2) is 17.8 Å². The van der Waals surface area contributed by atoms with Crippen molar-refractivity contribution in [2.45, 2.75) is 30.7 Å². The summed E-state index contributed by atoms with van der Waals surface area (Å²) in [5.41, 5.74) is 15.1. The van der Waals surface area contributed by atoms with Crippen molar-refractivity contribution >= 4 is 17.0 Å². The number of hydrogen-bond donors (Lipinski definition) is 3. The van der Waals surface area contributed by atoms with Crippen molar-refractivity contribution in [1.29, 1.82) is 0 Å². The van der Waals surface area contributed by atoms with Crippen LogP contribution in [0.25, 0.3) is 21.6 Å². The first kappa shape index (κ1) is 12.6. The van der Waals surface area contributed by atoms with Crippen molar-refractivity contribution in [2.24, 2.45) is 5.11 Å². The van der Waals surface area contributed by atoms with Gasteiger partial charge >= 0.3 is 0 Å². The Kier molecular flexibility index (Phi) is 2.90. The predicted octanol–water partition coefficient (Wildman–Crippen LogP) is -0.246. The minimum Gasteiger partial charge on any atom is -0.390 e. The van der Waals surface area contributed by atoms with Crippen LogP contribution in [-0.4, -0.2) is 48.0 Å². The van der Waals surface area contributed by atoms with Gasteiger partial charge in [0, 0.05) is 4.91 Å². The molecule has 1 aliphatic rings. The molecule has 1 fully saturated rings. The van der Waals surface area contributed by atoms with Gasteiger partial charge in [-0.15, -0.1) is 0 Å². The lowest BCUT2D eigenvalue weighted by molar-refractivity contribution is 0.0187. The molecule has 0 radical (unpaired) electrons. The number of aliphatic hydroxyl groups is 2. The molecule has 0 unspecified atom stereocenters. The Bertz CT molecular complexity index is 694. The number of nitrogen functional groups attached to an aromatic ring is 1. The van der Waals surface area contributed by atoms with Crippen LogP contribution in [0.5, 0.6) is 0 Å². The second-order valence-corrected chi connectivity index (χ2v) is 4.64. The number of hydrogen-bond acceptors (Lipinski definition) is 7. The summed E-state index contributed by atoms with van der Waals surface area (Å²) in [4.78, 5) is 14.7. The molecule has 0 bridgehead atoms. The summed E-state index contributed by atoms with van der Waals surface area (Å²) in [5.74, 6) is 0.244. The summed E-state index contributed by atoms with van der Waals surface area (Å²) < 4.78 is 1.62. The van der Waals surface area contributed by atoms with Gasteiger partial charge in [0.15, 0.2) is 11.5 Å². The first-order valence-corrected chi connectivity index (χ1v) is 5.97. The molecule has 1 saturated carbocycles. The first-order chi connectivity index (χ1) is 9.63. The summed E-state index contributed by atoms with van der Waals surface area (Å²) in [6.07, 6.45) is 0.890. The van der Waals surface area contributed by atoms with Crippen molar-refractivity contribution in [2.75, 3.05) is 5.73 Å². The van der Waals surface area contributed by atoms with Crippen LogP contribution in [0.1, 0.15) is 12.5 Å². The number of nitrogens with zero attached hydrogens (tertiary/aromatic N) is 7. The molecule has 2 aromatic rings. The van der Waals surface area contributed by atoms with Crippen LogP contribution < -0.4 is 5.73 Å². The SMILES string of the molecule is [N-]=[N+]=N[C@H]1C[C@@H](n2cnc3c(N)ncnc32)[C@H](O)[C@@H]1O. The van der Waals surface area contributed by atoms with Gasteiger partial charge in [0.2, 0.25) is 0 Å². The number of aliphatic hydroxyl groups excluding tert-OH is 2. The van der Waals surface area contributed by atoms with Gasteiger partial charge < -0.3 is 20.5 Å². The second kappa shape index (κ2) is 4.60. The maximum absolute atomic E-state index is 10.1. The molecule has 104 valence electrons. The number of azide groups is 1. The molecule has 20 heavy (non-hydrogen) atoms. The Morgan fingerprint density at radius 1 is 1.35 bits per heavy atom. The van der Waals surface area contributed by atoms with Crippen LogP contribution >= 0.6 is 0 Å². The lowest BCUT2D eigenvalue weighted by Gasteiger charge is -2.17. The molecule has 3 rings (SSSR count). The minimum atomic E-state index is -1.12. The molecule has 10 nitrogen and oxygen atoms in total. The molecular formula is C10H12N8O2. The van der Waals surface area contributed by atoms with Crippen molar-refractivity contribution in [3.63, 3.8) is 0 Å². The Balaban J connectivity index is 2.04. The molecule has 10 heteroatoms. The third-order valence-corrected chi connectivity index (χ3v) is 3.57. The molecule has 1 aliphatic carbocycles. The lowest BCUT2D eigenvalue weighted by Crippen LogP contribution is -2.30. The van der Waals surface area contributed by atoms with E-state index in [4.69, 9.17) is 11.3 Å². The molecule has 2 aromatic heterocycles. The van der Waals surface area contributed by atoms with E-state index >= 15 is 0 Å². The highest BCUT2D eigenvalue weighted by molar-refractivity contribution is 5.81. The fourth-order valence-corrected chi connectivity index (χ4v) is 2.55. The maximum atomic E-state index is 10.1. The lowest BCUT2D eigenvalue weighted by atomic mass is 10.2. The third kappa shape index (κ3) is 1.74. The van der Waals surface area contributed by atoms with E-state index in [1.807, 2.05) is 0 Å². The van der Waals surface area contributed by atoms with Crippen LogP contribution in [0.3, 0.4) is 0 Å². The van der Waals surface area contributed by atoms with E-state index in [1.165, 1.54) is 12.7 Å². The summed E-state index contributed by atoms with van der Waals surface area (Å²) in [6.45, 7) is 0. The summed E-state index contributed by atoms with van der Waals surface area (Å²) in [6, 6.07) is -1.17. The minimum absolute atomic E-state index is 0.244. The molecule has 4 atom stereocenters. The molecular weight excluding hydrogens is 264 g/mol.